The molecule has 0 spiro atoms. The summed E-state index contributed by atoms with van der Waals surface area (Å²) in [5, 5.41) is 14.4. The lowest BCUT2D eigenvalue weighted by Crippen LogP contribution is -2.51. The second kappa shape index (κ2) is 6.61. The summed E-state index contributed by atoms with van der Waals surface area (Å²) in [6, 6.07) is -1.02. The molecule has 2 unspecified atom stereocenters. The molecule has 1 aliphatic carbocycles. The van der Waals surface area contributed by atoms with E-state index in [9.17, 15) is 9.59 Å². The van der Waals surface area contributed by atoms with Crippen LogP contribution in [-0.4, -0.2) is 29.2 Å². The number of carbonyl (C=O) groups is 2. The van der Waals surface area contributed by atoms with E-state index in [-0.39, 0.29) is 18.0 Å². The van der Waals surface area contributed by atoms with Gasteiger partial charge in [0.1, 0.15) is 6.04 Å². The second-order valence-corrected chi connectivity index (χ2v) is 5.65. The Morgan fingerprint density at radius 1 is 1.28 bits per heavy atom. The Morgan fingerprint density at radius 3 is 2.44 bits per heavy atom. The number of carboxylic acid groups (broad SMARTS) is 1. The number of hydrogen-bond acceptors (Lipinski definition) is 2. The average molecular weight is 256 g/mol. The molecule has 1 saturated carbocycles. The van der Waals surface area contributed by atoms with Gasteiger partial charge in [-0.05, 0) is 24.7 Å². The smallest absolute Gasteiger partial charge is 0.326 e. The standard InChI is InChI=1S/C13H24N2O3/c1-8(2)11(12(16)17)15-13(18)14-10-6-4-5-9(3)7-10/h8-11H,4-7H2,1-3H3,(H,16,17)(H2,14,15,18)/t9?,10?,11-/m0/s1. The molecule has 3 atom stereocenters. The van der Waals surface area contributed by atoms with Crippen molar-refractivity contribution < 1.29 is 14.7 Å². The number of carboxylic acids is 1. The number of hydrogen-bond donors (Lipinski definition) is 3. The van der Waals surface area contributed by atoms with Crippen molar-refractivity contribution in [3.05, 3.63) is 0 Å². The average Bonchev–Trinajstić information content (AvgIpc) is 2.25. The van der Waals surface area contributed by atoms with Gasteiger partial charge >= 0.3 is 12.0 Å². The van der Waals surface area contributed by atoms with Gasteiger partial charge in [-0.15, -0.1) is 0 Å². The van der Waals surface area contributed by atoms with Crippen molar-refractivity contribution in [3.63, 3.8) is 0 Å². The Morgan fingerprint density at radius 2 is 1.94 bits per heavy atom. The van der Waals surface area contributed by atoms with Gasteiger partial charge in [0, 0.05) is 6.04 Å². The third kappa shape index (κ3) is 4.55. The maximum Gasteiger partial charge on any atom is 0.326 e. The summed E-state index contributed by atoms with van der Waals surface area (Å²) in [5.74, 6) is -0.486. The van der Waals surface area contributed by atoms with E-state index in [1.165, 1.54) is 6.42 Å². The highest BCUT2D eigenvalue weighted by molar-refractivity contribution is 5.82. The molecule has 1 rings (SSSR count). The maximum atomic E-state index is 11.8. The number of carbonyl (C=O) groups excluding carboxylic acids is 1. The third-order valence-corrected chi connectivity index (χ3v) is 3.49. The van der Waals surface area contributed by atoms with E-state index in [2.05, 4.69) is 17.6 Å². The molecule has 0 radical (unpaired) electrons. The van der Waals surface area contributed by atoms with Crippen molar-refractivity contribution >= 4 is 12.0 Å². The van der Waals surface area contributed by atoms with E-state index in [4.69, 9.17) is 5.11 Å². The van der Waals surface area contributed by atoms with Crippen LogP contribution >= 0.6 is 0 Å². The molecular weight excluding hydrogens is 232 g/mol. The normalized spacial score (nSPS) is 25.6. The summed E-state index contributed by atoms with van der Waals surface area (Å²) in [4.78, 5) is 22.7. The van der Waals surface area contributed by atoms with Gasteiger partial charge in [0.25, 0.3) is 0 Å². The third-order valence-electron chi connectivity index (χ3n) is 3.49. The highest BCUT2D eigenvalue weighted by atomic mass is 16.4. The number of rotatable bonds is 4. The zero-order chi connectivity index (χ0) is 13.7. The van der Waals surface area contributed by atoms with Gasteiger partial charge in [0.2, 0.25) is 0 Å². The highest BCUT2D eigenvalue weighted by Crippen LogP contribution is 2.23. The Kier molecular flexibility index (Phi) is 5.44. The summed E-state index contributed by atoms with van der Waals surface area (Å²) in [6.07, 6.45) is 4.30. The summed E-state index contributed by atoms with van der Waals surface area (Å²) in [7, 11) is 0. The van der Waals surface area contributed by atoms with Gasteiger partial charge < -0.3 is 15.7 Å². The number of nitrogens with one attached hydrogen (secondary N) is 2. The molecule has 104 valence electrons. The Hall–Kier alpha value is -1.26. The molecule has 0 aromatic carbocycles. The quantitative estimate of drug-likeness (QED) is 0.719. The van der Waals surface area contributed by atoms with Crippen LogP contribution in [0.4, 0.5) is 4.79 Å². The van der Waals surface area contributed by atoms with Crippen molar-refractivity contribution in [2.45, 2.75) is 58.5 Å². The van der Waals surface area contributed by atoms with E-state index in [0.717, 1.165) is 19.3 Å². The minimum atomic E-state index is -0.989. The molecule has 2 amide bonds. The molecule has 5 heteroatoms. The molecule has 18 heavy (non-hydrogen) atoms. The molecule has 3 N–H and O–H groups in total. The summed E-state index contributed by atoms with van der Waals surface area (Å²) < 4.78 is 0. The van der Waals surface area contributed by atoms with Crippen LogP contribution in [0.25, 0.3) is 0 Å². The number of urea groups is 1. The van der Waals surface area contributed by atoms with E-state index < -0.39 is 12.0 Å². The lowest BCUT2D eigenvalue weighted by molar-refractivity contribution is -0.140. The summed E-state index contributed by atoms with van der Waals surface area (Å²) in [5.41, 5.74) is 0. The Labute approximate surface area is 108 Å². The minimum absolute atomic E-state index is 0.126. The van der Waals surface area contributed by atoms with Crippen LogP contribution in [0, 0.1) is 11.8 Å². The molecule has 0 saturated heterocycles. The van der Waals surface area contributed by atoms with Crippen LogP contribution in [0.1, 0.15) is 46.5 Å². The highest BCUT2D eigenvalue weighted by Gasteiger charge is 2.25. The maximum absolute atomic E-state index is 11.8. The molecule has 0 aromatic rings. The first-order chi connectivity index (χ1) is 8.40. The fraction of sp³-hybridized carbons (Fsp3) is 0.846. The van der Waals surface area contributed by atoms with E-state index in [1.807, 2.05) is 0 Å². The van der Waals surface area contributed by atoms with Gasteiger partial charge in [-0.2, -0.15) is 0 Å². The Bertz CT molecular complexity index is 305. The molecule has 0 aliphatic heterocycles. The first-order valence-electron chi connectivity index (χ1n) is 6.70. The largest absolute Gasteiger partial charge is 0.480 e. The summed E-state index contributed by atoms with van der Waals surface area (Å²) >= 11 is 0. The van der Waals surface area contributed by atoms with Crippen LogP contribution in [0.5, 0.6) is 0 Å². The summed E-state index contributed by atoms with van der Waals surface area (Å²) in [6.45, 7) is 5.74. The van der Waals surface area contributed by atoms with Crippen LogP contribution in [0.3, 0.4) is 0 Å². The first kappa shape index (κ1) is 14.8. The van der Waals surface area contributed by atoms with Crippen molar-refractivity contribution in [1.82, 2.24) is 10.6 Å². The molecule has 5 nitrogen and oxygen atoms in total. The molecule has 1 aliphatic rings. The zero-order valence-corrected chi connectivity index (χ0v) is 11.4. The fourth-order valence-corrected chi connectivity index (χ4v) is 2.45. The SMILES string of the molecule is CC1CCCC(NC(=O)N[C@H](C(=O)O)C(C)C)C1. The predicted molar refractivity (Wildman–Crippen MR) is 69.3 cm³/mol. The van der Waals surface area contributed by atoms with Crippen LogP contribution < -0.4 is 10.6 Å². The lowest BCUT2D eigenvalue weighted by atomic mass is 9.87. The number of aliphatic carboxylic acids is 1. The van der Waals surface area contributed by atoms with Gasteiger partial charge in [-0.1, -0.05) is 33.6 Å². The molecular formula is C13H24N2O3. The minimum Gasteiger partial charge on any atom is -0.480 e. The van der Waals surface area contributed by atoms with Gasteiger partial charge in [-0.3, -0.25) is 0 Å². The fourth-order valence-electron chi connectivity index (χ4n) is 2.45. The predicted octanol–water partition coefficient (Wildman–Crippen LogP) is 1.97. The van der Waals surface area contributed by atoms with Crippen LogP contribution in [-0.2, 0) is 4.79 Å². The van der Waals surface area contributed by atoms with Crippen LogP contribution in [0.15, 0.2) is 0 Å². The monoisotopic (exact) mass is 256 g/mol. The van der Waals surface area contributed by atoms with Crippen molar-refractivity contribution in [3.8, 4) is 0 Å². The Balaban J connectivity index is 2.42. The van der Waals surface area contributed by atoms with E-state index in [1.54, 1.807) is 13.8 Å². The van der Waals surface area contributed by atoms with Gasteiger partial charge in [-0.25, -0.2) is 9.59 Å². The van der Waals surface area contributed by atoms with Crippen molar-refractivity contribution in [2.24, 2.45) is 11.8 Å². The van der Waals surface area contributed by atoms with Crippen molar-refractivity contribution in [2.75, 3.05) is 0 Å². The van der Waals surface area contributed by atoms with E-state index in [0.29, 0.717) is 5.92 Å². The van der Waals surface area contributed by atoms with Gasteiger partial charge in [0.15, 0.2) is 0 Å². The van der Waals surface area contributed by atoms with Gasteiger partial charge in [0.05, 0.1) is 0 Å². The lowest BCUT2D eigenvalue weighted by Gasteiger charge is -2.28. The second-order valence-electron chi connectivity index (χ2n) is 5.65. The van der Waals surface area contributed by atoms with Crippen LogP contribution in [0.2, 0.25) is 0 Å². The van der Waals surface area contributed by atoms with Crippen molar-refractivity contribution in [1.29, 1.82) is 0 Å². The zero-order valence-electron chi connectivity index (χ0n) is 11.4. The molecule has 0 aromatic heterocycles. The molecule has 0 heterocycles. The topological polar surface area (TPSA) is 78.4 Å². The van der Waals surface area contributed by atoms with E-state index >= 15 is 0 Å². The molecule has 1 fully saturated rings. The number of amides is 2. The molecule has 0 bridgehead atoms. The first-order valence-corrected chi connectivity index (χ1v) is 6.70.